The Morgan fingerprint density at radius 1 is 0.235 bits per heavy atom. The van der Waals surface area contributed by atoms with Gasteiger partial charge in [0.15, 0.2) is 6.10 Å². The first kappa shape index (κ1) is 66.4. The van der Waals surface area contributed by atoms with Crippen molar-refractivity contribution in [3.05, 3.63) is 0 Å². The Hall–Kier alpha value is -1.59. The second-order valence-electron chi connectivity index (χ2n) is 21.3. The monoisotopic (exact) mass is 961 g/mol. The van der Waals surface area contributed by atoms with Crippen LogP contribution in [0, 0.1) is 0 Å². The summed E-state index contributed by atoms with van der Waals surface area (Å²) < 4.78 is 16.9. The molecule has 0 radical (unpaired) electrons. The summed E-state index contributed by atoms with van der Waals surface area (Å²) in [6.07, 6.45) is 65.3. The molecule has 0 fully saturated rings. The van der Waals surface area contributed by atoms with Crippen molar-refractivity contribution in [2.75, 3.05) is 13.2 Å². The van der Waals surface area contributed by atoms with E-state index in [-0.39, 0.29) is 31.1 Å². The van der Waals surface area contributed by atoms with Crippen LogP contribution in [0.1, 0.15) is 361 Å². The zero-order chi connectivity index (χ0) is 49.3. The molecule has 0 bridgehead atoms. The average molecular weight is 962 g/mol. The highest BCUT2D eigenvalue weighted by Gasteiger charge is 2.19. The molecule has 0 aliphatic carbocycles. The van der Waals surface area contributed by atoms with Crippen LogP contribution < -0.4 is 0 Å². The van der Waals surface area contributed by atoms with E-state index in [4.69, 9.17) is 14.2 Å². The van der Waals surface area contributed by atoms with Gasteiger partial charge in [0.2, 0.25) is 0 Å². The van der Waals surface area contributed by atoms with Crippen molar-refractivity contribution >= 4 is 17.9 Å². The van der Waals surface area contributed by atoms with Crippen LogP contribution in [-0.2, 0) is 28.6 Å². The lowest BCUT2D eigenvalue weighted by Gasteiger charge is -2.18. The Balaban J connectivity index is 4.25. The van der Waals surface area contributed by atoms with Gasteiger partial charge in [-0.3, -0.25) is 14.4 Å². The summed E-state index contributed by atoms with van der Waals surface area (Å²) in [6.45, 7) is 6.72. The Bertz CT molecular complexity index is 1010. The smallest absolute Gasteiger partial charge is 0.306 e. The van der Waals surface area contributed by atoms with Crippen LogP contribution in [0.3, 0.4) is 0 Å². The molecule has 0 rings (SSSR count). The summed E-state index contributed by atoms with van der Waals surface area (Å²) in [5, 5.41) is 0. The van der Waals surface area contributed by atoms with Crippen molar-refractivity contribution in [3.8, 4) is 0 Å². The number of hydrogen-bond acceptors (Lipinski definition) is 6. The molecule has 0 saturated heterocycles. The number of hydrogen-bond donors (Lipinski definition) is 0. The molecule has 0 heterocycles. The van der Waals surface area contributed by atoms with Crippen molar-refractivity contribution in [1.82, 2.24) is 0 Å². The third-order valence-electron chi connectivity index (χ3n) is 14.4. The SMILES string of the molecule is CCCCCCCCCCCCCCCCCCCCCCC(=O)OCC(COC(=O)CCCCCCCCCCCCCCC)OC(=O)CCCCCCCCCCCCCCCCCCC. The minimum atomic E-state index is -0.761. The van der Waals surface area contributed by atoms with E-state index >= 15 is 0 Å². The fourth-order valence-corrected chi connectivity index (χ4v) is 9.68. The first-order valence-electron chi connectivity index (χ1n) is 31.0. The van der Waals surface area contributed by atoms with Crippen molar-refractivity contribution in [2.45, 2.75) is 367 Å². The van der Waals surface area contributed by atoms with E-state index < -0.39 is 6.10 Å². The fourth-order valence-electron chi connectivity index (χ4n) is 9.68. The molecule has 1 atom stereocenters. The summed E-state index contributed by atoms with van der Waals surface area (Å²) in [5.41, 5.74) is 0. The van der Waals surface area contributed by atoms with Gasteiger partial charge in [-0.25, -0.2) is 0 Å². The van der Waals surface area contributed by atoms with Gasteiger partial charge in [-0.1, -0.05) is 323 Å². The minimum absolute atomic E-state index is 0.0607. The summed E-state index contributed by atoms with van der Waals surface area (Å²) in [6, 6.07) is 0. The first-order chi connectivity index (χ1) is 33.5. The maximum atomic E-state index is 12.9. The van der Waals surface area contributed by atoms with Crippen molar-refractivity contribution in [1.29, 1.82) is 0 Å². The molecule has 0 amide bonds. The van der Waals surface area contributed by atoms with Crippen LogP contribution in [0.4, 0.5) is 0 Å². The molecular weight excluding hydrogens is 841 g/mol. The molecule has 0 aliphatic heterocycles. The lowest BCUT2D eigenvalue weighted by atomic mass is 10.0. The number of ether oxygens (including phenoxy) is 3. The van der Waals surface area contributed by atoms with Gasteiger partial charge in [0, 0.05) is 19.3 Å². The molecule has 0 aliphatic rings. The molecule has 68 heavy (non-hydrogen) atoms. The Morgan fingerprint density at radius 3 is 0.588 bits per heavy atom. The first-order valence-corrected chi connectivity index (χ1v) is 31.0. The van der Waals surface area contributed by atoms with Crippen LogP contribution in [0.15, 0.2) is 0 Å². The van der Waals surface area contributed by atoms with Gasteiger partial charge < -0.3 is 14.2 Å². The van der Waals surface area contributed by atoms with Crippen molar-refractivity contribution in [2.24, 2.45) is 0 Å². The topological polar surface area (TPSA) is 78.9 Å². The van der Waals surface area contributed by atoms with Crippen LogP contribution in [0.25, 0.3) is 0 Å². The highest BCUT2D eigenvalue weighted by Crippen LogP contribution is 2.18. The van der Waals surface area contributed by atoms with Gasteiger partial charge in [-0.05, 0) is 19.3 Å². The van der Waals surface area contributed by atoms with Crippen LogP contribution in [0.2, 0.25) is 0 Å². The molecule has 0 aromatic heterocycles. The number of carbonyl (C=O) groups is 3. The van der Waals surface area contributed by atoms with E-state index in [9.17, 15) is 14.4 Å². The second kappa shape index (κ2) is 58.0. The molecular formula is C62H120O6. The van der Waals surface area contributed by atoms with Crippen LogP contribution >= 0.6 is 0 Å². The molecule has 404 valence electrons. The minimum Gasteiger partial charge on any atom is -0.462 e. The molecule has 0 aromatic carbocycles. The van der Waals surface area contributed by atoms with E-state index in [1.807, 2.05) is 0 Å². The molecule has 6 heteroatoms. The predicted octanol–water partition coefficient (Wildman–Crippen LogP) is 20.7. The van der Waals surface area contributed by atoms with E-state index in [0.29, 0.717) is 19.3 Å². The number of esters is 3. The maximum Gasteiger partial charge on any atom is 0.306 e. The average Bonchev–Trinajstić information content (AvgIpc) is 3.34. The van der Waals surface area contributed by atoms with E-state index in [0.717, 1.165) is 57.8 Å². The standard InChI is InChI=1S/C62H120O6/c1-4-7-10-13-16-19-22-25-27-29-30-31-33-34-37-40-43-46-49-52-55-61(64)67-58-59(57-66-60(63)54-51-48-45-42-39-36-24-21-18-15-12-9-6-3)68-62(65)56-53-50-47-44-41-38-35-32-28-26-23-20-17-14-11-8-5-2/h59H,4-58H2,1-3H3. The molecule has 0 spiro atoms. The quantitative estimate of drug-likeness (QED) is 0.0343. The highest BCUT2D eigenvalue weighted by molar-refractivity contribution is 5.71. The lowest BCUT2D eigenvalue weighted by molar-refractivity contribution is -0.167. The fraction of sp³-hybridized carbons (Fsp3) is 0.952. The van der Waals surface area contributed by atoms with E-state index in [1.165, 1.54) is 263 Å². The second-order valence-corrected chi connectivity index (χ2v) is 21.3. The normalized spacial score (nSPS) is 11.9. The van der Waals surface area contributed by atoms with E-state index in [2.05, 4.69) is 20.8 Å². The van der Waals surface area contributed by atoms with Crippen LogP contribution in [0.5, 0.6) is 0 Å². The predicted molar refractivity (Wildman–Crippen MR) is 294 cm³/mol. The van der Waals surface area contributed by atoms with Gasteiger partial charge in [-0.2, -0.15) is 0 Å². The summed E-state index contributed by atoms with van der Waals surface area (Å²) in [5.74, 6) is -0.827. The highest BCUT2D eigenvalue weighted by atomic mass is 16.6. The third kappa shape index (κ3) is 55.3. The van der Waals surface area contributed by atoms with Crippen molar-refractivity contribution in [3.63, 3.8) is 0 Å². The number of rotatable bonds is 58. The summed E-state index contributed by atoms with van der Waals surface area (Å²) in [7, 11) is 0. The largest absolute Gasteiger partial charge is 0.462 e. The maximum absolute atomic E-state index is 12.9. The Kier molecular flexibility index (Phi) is 56.6. The van der Waals surface area contributed by atoms with Gasteiger partial charge in [0.05, 0.1) is 0 Å². The van der Waals surface area contributed by atoms with E-state index in [1.54, 1.807) is 0 Å². The number of carbonyl (C=O) groups excluding carboxylic acids is 3. The van der Waals surface area contributed by atoms with Crippen LogP contribution in [-0.4, -0.2) is 37.2 Å². The zero-order valence-corrected chi connectivity index (χ0v) is 46.4. The Morgan fingerprint density at radius 2 is 0.397 bits per heavy atom. The Labute approximate surface area is 425 Å². The summed E-state index contributed by atoms with van der Waals surface area (Å²) >= 11 is 0. The van der Waals surface area contributed by atoms with Crippen molar-refractivity contribution < 1.29 is 28.6 Å². The molecule has 1 unspecified atom stereocenters. The molecule has 0 saturated carbocycles. The lowest BCUT2D eigenvalue weighted by Crippen LogP contribution is -2.30. The zero-order valence-electron chi connectivity index (χ0n) is 46.4. The van der Waals surface area contributed by atoms with Gasteiger partial charge in [0.1, 0.15) is 13.2 Å². The molecule has 0 aromatic rings. The molecule has 0 N–H and O–H groups in total. The summed E-state index contributed by atoms with van der Waals surface area (Å²) in [4.78, 5) is 38.2. The third-order valence-corrected chi connectivity index (χ3v) is 14.4. The number of unbranched alkanes of at least 4 members (excludes halogenated alkanes) is 47. The molecule has 6 nitrogen and oxygen atoms in total. The van der Waals surface area contributed by atoms with Gasteiger partial charge in [0.25, 0.3) is 0 Å². The van der Waals surface area contributed by atoms with Gasteiger partial charge >= 0.3 is 17.9 Å². The van der Waals surface area contributed by atoms with Gasteiger partial charge in [-0.15, -0.1) is 0 Å².